The van der Waals surface area contributed by atoms with E-state index >= 15 is 0 Å². The fourth-order valence-electron chi connectivity index (χ4n) is 2.67. The summed E-state index contributed by atoms with van der Waals surface area (Å²) in [5.74, 6) is -0.502. The molecule has 3 aromatic rings. The second-order valence-corrected chi connectivity index (χ2v) is 8.95. The third-order valence-corrected chi connectivity index (χ3v) is 6.88. The van der Waals surface area contributed by atoms with Crippen molar-refractivity contribution in [2.75, 3.05) is 7.11 Å². The largest absolute Gasteiger partial charge is 0.465 e. The molecular formula is C19H20N2O4S2. The molecule has 0 saturated carbocycles. The Morgan fingerprint density at radius 1 is 1.11 bits per heavy atom. The van der Waals surface area contributed by atoms with Crippen LogP contribution in [-0.2, 0) is 34.9 Å². The van der Waals surface area contributed by atoms with Gasteiger partial charge >= 0.3 is 5.97 Å². The quantitative estimate of drug-likeness (QED) is 0.567. The van der Waals surface area contributed by atoms with E-state index in [9.17, 15) is 13.2 Å². The first-order valence-electron chi connectivity index (χ1n) is 8.23. The van der Waals surface area contributed by atoms with Crippen molar-refractivity contribution in [3.05, 3.63) is 76.2 Å². The molecular weight excluding hydrogens is 384 g/mol. The summed E-state index contributed by atoms with van der Waals surface area (Å²) < 4.78 is 34.5. The van der Waals surface area contributed by atoms with Crippen molar-refractivity contribution in [2.24, 2.45) is 7.05 Å². The average Bonchev–Trinajstić information content (AvgIpc) is 3.32. The van der Waals surface area contributed by atoms with Gasteiger partial charge in [0.2, 0.25) is 10.0 Å². The SMILES string of the molecule is COC(=O)c1ccc(S(=O)(=O)N(Cc2cccs2)Cc2cccn2C)cc1. The van der Waals surface area contributed by atoms with E-state index in [2.05, 4.69) is 4.74 Å². The molecule has 0 N–H and O–H groups in total. The maximum Gasteiger partial charge on any atom is 0.337 e. The van der Waals surface area contributed by atoms with E-state index in [1.54, 1.807) is 0 Å². The molecule has 2 heterocycles. The molecule has 0 saturated heterocycles. The molecule has 0 bridgehead atoms. The van der Waals surface area contributed by atoms with Gasteiger partial charge in [-0.2, -0.15) is 4.31 Å². The van der Waals surface area contributed by atoms with Gasteiger partial charge in [-0.05, 0) is 47.8 Å². The molecule has 0 aliphatic carbocycles. The minimum atomic E-state index is -3.74. The summed E-state index contributed by atoms with van der Waals surface area (Å²) in [6.45, 7) is 0.534. The van der Waals surface area contributed by atoms with Crippen LogP contribution in [0.3, 0.4) is 0 Å². The summed E-state index contributed by atoms with van der Waals surface area (Å²) in [6, 6.07) is 13.4. The highest BCUT2D eigenvalue weighted by Gasteiger charge is 2.26. The van der Waals surface area contributed by atoms with Crippen molar-refractivity contribution in [1.29, 1.82) is 0 Å². The molecule has 6 nitrogen and oxygen atoms in total. The van der Waals surface area contributed by atoms with Gasteiger partial charge in [-0.3, -0.25) is 0 Å². The van der Waals surface area contributed by atoms with Gasteiger partial charge in [-0.15, -0.1) is 11.3 Å². The van der Waals surface area contributed by atoms with Gasteiger partial charge in [0.05, 0.1) is 24.1 Å². The van der Waals surface area contributed by atoms with E-state index in [4.69, 9.17) is 0 Å². The number of sulfonamides is 1. The van der Waals surface area contributed by atoms with E-state index in [1.165, 1.54) is 47.0 Å². The summed E-state index contributed by atoms with van der Waals surface area (Å²) >= 11 is 1.51. The Labute approximate surface area is 162 Å². The van der Waals surface area contributed by atoms with Crippen LogP contribution in [0.2, 0.25) is 0 Å². The summed E-state index contributed by atoms with van der Waals surface area (Å²) in [5.41, 5.74) is 1.20. The van der Waals surface area contributed by atoms with Crippen LogP contribution >= 0.6 is 11.3 Å². The molecule has 142 valence electrons. The Balaban J connectivity index is 1.93. The van der Waals surface area contributed by atoms with Crippen molar-refractivity contribution in [2.45, 2.75) is 18.0 Å². The van der Waals surface area contributed by atoms with Crippen LogP contribution in [0.4, 0.5) is 0 Å². The Bertz CT molecular complexity index is 1010. The second-order valence-electron chi connectivity index (χ2n) is 5.98. The molecule has 0 aliphatic rings. The molecule has 0 amide bonds. The van der Waals surface area contributed by atoms with Crippen LogP contribution in [-0.4, -0.2) is 30.4 Å². The Morgan fingerprint density at radius 2 is 1.85 bits per heavy atom. The predicted molar refractivity (Wildman–Crippen MR) is 104 cm³/mol. The molecule has 1 aromatic carbocycles. The molecule has 27 heavy (non-hydrogen) atoms. The molecule has 0 spiro atoms. The predicted octanol–water partition coefficient (Wildman–Crippen LogP) is 3.26. The molecule has 2 aromatic heterocycles. The maximum atomic E-state index is 13.3. The number of ether oxygens (including phenoxy) is 1. The van der Waals surface area contributed by atoms with Crippen LogP contribution < -0.4 is 0 Å². The zero-order valence-corrected chi connectivity index (χ0v) is 16.7. The molecule has 0 atom stereocenters. The van der Waals surface area contributed by atoms with Crippen molar-refractivity contribution in [1.82, 2.24) is 8.87 Å². The van der Waals surface area contributed by atoms with Gasteiger partial charge in [0, 0.05) is 30.4 Å². The van der Waals surface area contributed by atoms with Crippen molar-refractivity contribution < 1.29 is 17.9 Å². The maximum absolute atomic E-state index is 13.3. The van der Waals surface area contributed by atoms with Gasteiger partial charge in [-0.1, -0.05) is 6.07 Å². The monoisotopic (exact) mass is 404 g/mol. The number of esters is 1. The lowest BCUT2D eigenvalue weighted by Gasteiger charge is -2.22. The molecule has 8 heteroatoms. The minimum Gasteiger partial charge on any atom is -0.465 e. The first kappa shape index (κ1) is 19.3. The Kier molecular flexibility index (Phi) is 5.79. The third-order valence-electron chi connectivity index (χ3n) is 4.22. The number of hydrogen-bond acceptors (Lipinski definition) is 5. The van der Waals surface area contributed by atoms with Crippen molar-refractivity contribution in [3.63, 3.8) is 0 Å². The number of carbonyl (C=O) groups excluding carboxylic acids is 1. The number of aromatic nitrogens is 1. The Morgan fingerprint density at radius 3 is 2.41 bits per heavy atom. The van der Waals surface area contributed by atoms with E-state index in [0.29, 0.717) is 5.56 Å². The minimum absolute atomic E-state index is 0.140. The number of carbonyl (C=O) groups is 1. The van der Waals surface area contributed by atoms with Gasteiger partial charge in [0.15, 0.2) is 0 Å². The summed E-state index contributed by atoms with van der Waals surface area (Å²) in [5, 5.41) is 1.92. The number of methoxy groups -OCH3 is 1. The molecule has 0 radical (unpaired) electrons. The number of hydrogen-bond donors (Lipinski definition) is 0. The first-order valence-corrected chi connectivity index (χ1v) is 10.5. The number of nitrogens with zero attached hydrogens (tertiary/aromatic N) is 2. The lowest BCUT2D eigenvalue weighted by Crippen LogP contribution is -2.30. The topological polar surface area (TPSA) is 68.6 Å². The highest BCUT2D eigenvalue weighted by atomic mass is 32.2. The molecule has 3 rings (SSSR count). The lowest BCUT2D eigenvalue weighted by atomic mass is 10.2. The highest BCUT2D eigenvalue weighted by Crippen LogP contribution is 2.23. The Hall–Kier alpha value is -2.42. The van der Waals surface area contributed by atoms with Gasteiger partial charge < -0.3 is 9.30 Å². The first-order chi connectivity index (χ1) is 12.9. The fraction of sp³-hybridized carbons (Fsp3) is 0.211. The lowest BCUT2D eigenvalue weighted by molar-refractivity contribution is 0.0600. The standard InChI is InChI=1S/C19H20N2O4S2/c1-20-11-3-5-16(20)13-21(14-17-6-4-12-26-17)27(23,24)18-9-7-15(8-10-18)19(22)25-2/h3-12H,13-14H2,1-2H3. The summed E-state index contributed by atoms with van der Waals surface area (Å²) in [7, 11) is -0.572. The zero-order chi connectivity index (χ0) is 19.4. The van der Waals surface area contributed by atoms with Crippen LogP contribution in [0, 0.1) is 0 Å². The number of benzene rings is 1. The third kappa shape index (κ3) is 4.29. The number of rotatable bonds is 7. The normalized spacial score (nSPS) is 11.7. The van der Waals surface area contributed by atoms with Crippen LogP contribution in [0.15, 0.2) is 65.0 Å². The van der Waals surface area contributed by atoms with Gasteiger partial charge in [0.1, 0.15) is 0 Å². The number of thiophene rings is 1. The average molecular weight is 405 g/mol. The second kappa shape index (κ2) is 8.08. The van der Waals surface area contributed by atoms with E-state index in [1.807, 2.05) is 47.5 Å². The molecule has 0 fully saturated rings. The van der Waals surface area contributed by atoms with Crippen LogP contribution in [0.25, 0.3) is 0 Å². The van der Waals surface area contributed by atoms with E-state index in [-0.39, 0.29) is 18.0 Å². The van der Waals surface area contributed by atoms with Gasteiger partial charge in [0.25, 0.3) is 0 Å². The summed E-state index contributed by atoms with van der Waals surface area (Å²) in [6.07, 6.45) is 1.89. The van der Waals surface area contributed by atoms with Crippen LogP contribution in [0.5, 0.6) is 0 Å². The van der Waals surface area contributed by atoms with Crippen molar-refractivity contribution in [3.8, 4) is 0 Å². The van der Waals surface area contributed by atoms with Crippen molar-refractivity contribution >= 4 is 27.3 Å². The fourth-order valence-corrected chi connectivity index (χ4v) is 4.86. The smallest absolute Gasteiger partial charge is 0.337 e. The molecule has 0 aliphatic heterocycles. The van der Waals surface area contributed by atoms with E-state index < -0.39 is 16.0 Å². The highest BCUT2D eigenvalue weighted by molar-refractivity contribution is 7.89. The summed E-state index contributed by atoms with van der Waals surface area (Å²) in [4.78, 5) is 12.7. The van der Waals surface area contributed by atoms with E-state index in [0.717, 1.165) is 10.6 Å². The zero-order valence-electron chi connectivity index (χ0n) is 15.0. The van der Waals surface area contributed by atoms with Crippen LogP contribution in [0.1, 0.15) is 20.9 Å². The van der Waals surface area contributed by atoms with Gasteiger partial charge in [-0.25, -0.2) is 13.2 Å². The number of aryl methyl sites for hydroxylation is 1. The molecule has 0 unspecified atom stereocenters.